The zero-order valence-corrected chi connectivity index (χ0v) is 17.0. The van der Waals surface area contributed by atoms with E-state index in [-0.39, 0.29) is 40.9 Å². The summed E-state index contributed by atoms with van der Waals surface area (Å²) in [5, 5.41) is 20.8. The van der Waals surface area contributed by atoms with Crippen molar-refractivity contribution in [2.24, 2.45) is 17.3 Å². The van der Waals surface area contributed by atoms with Gasteiger partial charge in [0.15, 0.2) is 0 Å². The van der Waals surface area contributed by atoms with Crippen molar-refractivity contribution in [2.75, 3.05) is 7.11 Å². The van der Waals surface area contributed by atoms with Crippen molar-refractivity contribution in [2.45, 2.75) is 56.4 Å². The highest BCUT2D eigenvalue weighted by molar-refractivity contribution is 5.44. The van der Waals surface area contributed by atoms with E-state index in [0.29, 0.717) is 12.8 Å². The van der Waals surface area contributed by atoms with Gasteiger partial charge in [-0.2, -0.15) is 0 Å². The third-order valence-corrected chi connectivity index (χ3v) is 7.98. The van der Waals surface area contributed by atoms with Gasteiger partial charge in [0, 0.05) is 13.0 Å². The molecule has 0 saturated heterocycles. The second kappa shape index (κ2) is 6.82. The molecule has 5 rings (SSSR count). The topological polar surface area (TPSA) is 49.7 Å². The van der Waals surface area contributed by atoms with Gasteiger partial charge in [0.05, 0.1) is 12.2 Å². The number of hydrogen-bond acceptors (Lipinski definition) is 3. The number of fused-ring (bicyclic) bond motifs is 5. The predicted octanol–water partition coefficient (Wildman–Crippen LogP) is 4.58. The van der Waals surface area contributed by atoms with E-state index in [2.05, 4.69) is 19.1 Å². The molecule has 0 aromatic heterocycles. The maximum atomic E-state index is 15.8. The first-order valence-electron chi connectivity index (χ1n) is 10.6. The predicted molar refractivity (Wildman–Crippen MR) is 110 cm³/mol. The monoisotopic (exact) mass is 396 g/mol. The Labute approximate surface area is 171 Å². The quantitative estimate of drug-likeness (QED) is 0.781. The number of rotatable bonds is 2. The van der Waals surface area contributed by atoms with Gasteiger partial charge in [0.2, 0.25) is 0 Å². The minimum absolute atomic E-state index is 0.0466. The average molecular weight is 397 g/mol. The molecule has 4 heteroatoms. The van der Waals surface area contributed by atoms with Crippen LogP contribution in [0.25, 0.3) is 0 Å². The van der Waals surface area contributed by atoms with E-state index in [1.807, 2.05) is 24.3 Å². The lowest BCUT2D eigenvalue weighted by molar-refractivity contribution is -0.0778. The summed E-state index contributed by atoms with van der Waals surface area (Å²) in [5.41, 5.74) is 2.98. The summed E-state index contributed by atoms with van der Waals surface area (Å²) in [5.74, 6) is 0.250. The van der Waals surface area contributed by atoms with Gasteiger partial charge in [0.25, 0.3) is 0 Å². The molecule has 0 heterocycles. The highest BCUT2D eigenvalue weighted by Gasteiger charge is 2.62. The van der Waals surface area contributed by atoms with Crippen LogP contribution in [-0.4, -0.2) is 35.7 Å². The number of ether oxygens (including phenoxy) is 1. The molecule has 29 heavy (non-hydrogen) atoms. The van der Waals surface area contributed by atoms with Crippen LogP contribution in [0.15, 0.2) is 48.5 Å². The van der Waals surface area contributed by atoms with Gasteiger partial charge in [-0.05, 0) is 71.3 Å². The summed E-state index contributed by atoms with van der Waals surface area (Å²) >= 11 is 0. The summed E-state index contributed by atoms with van der Waals surface area (Å²) < 4.78 is 21.7. The van der Waals surface area contributed by atoms with Crippen LogP contribution in [0.3, 0.4) is 0 Å². The Morgan fingerprint density at radius 2 is 1.86 bits per heavy atom. The summed E-state index contributed by atoms with van der Waals surface area (Å²) in [6.45, 7) is 2.14. The highest BCUT2D eigenvalue weighted by atomic mass is 19.1. The third kappa shape index (κ3) is 2.83. The zero-order valence-electron chi connectivity index (χ0n) is 17.0. The van der Waals surface area contributed by atoms with Gasteiger partial charge < -0.3 is 14.9 Å². The average Bonchev–Trinajstić information content (AvgIpc) is 2.96. The number of alkyl halides is 1. The fourth-order valence-corrected chi connectivity index (χ4v) is 7.02. The van der Waals surface area contributed by atoms with Crippen molar-refractivity contribution in [1.29, 1.82) is 0 Å². The van der Waals surface area contributed by atoms with Crippen LogP contribution >= 0.6 is 0 Å². The smallest absolute Gasteiger partial charge is 0.115 e. The van der Waals surface area contributed by atoms with E-state index < -0.39 is 12.3 Å². The number of aliphatic hydroxyl groups excluding tert-OH is 1. The fourth-order valence-electron chi connectivity index (χ4n) is 7.02. The number of aromatic hydroxyl groups is 1. The van der Waals surface area contributed by atoms with Gasteiger partial charge in [-0.25, -0.2) is 4.39 Å². The van der Waals surface area contributed by atoms with Gasteiger partial charge in [-0.15, -0.1) is 0 Å². The van der Waals surface area contributed by atoms with Crippen LogP contribution in [0.2, 0.25) is 0 Å². The van der Waals surface area contributed by atoms with Gasteiger partial charge in [0.1, 0.15) is 11.9 Å². The Bertz CT molecular complexity index is 900. The molecular weight excluding hydrogens is 367 g/mol. The Hall–Kier alpha value is -1.91. The van der Waals surface area contributed by atoms with Crippen LogP contribution in [0, 0.1) is 17.3 Å². The number of phenols is 1. The molecule has 2 saturated carbocycles. The molecule has 2 aromatic rings. The molecule has 8 atom stereocenters. The lowest BCUT2D eigenvalue weighted by Crippen LogP contribution is -2.51. The molecule has 0 unspecified atom stereocenters. The second-order valence-electron chi connectivity index (χ2n) is 9.58. The van der Waals surface area contributed by atoms with Gasteiger partial charge >= 0.3 is 0 Å². The number of hydrogen-bond donors (Lipinski definition) is 2. The molecule has 2 aromatic carbocycles. The highest BCUT2D eigenvalue weighted by Crippen LogP contribution is 2.64. The molecule has 0 aliphatic heterocycles. The summed E-state index contributed by atoms with van der Waals surface area (Å²) in [7, 11) is 1.67. The zero-order chi connectivity index (χ0) is 20.3. The molecule has 0 amide bonds. The molecule has 2 fully saturated rings. The summed E-state index contributed by atoms with van der Waals surface area (Å²) in [4.78, 5) is 0. The maximum Gasteiger partial charge on any atom is 0.115 e. The van der Waals surface area contributed by atoms with E-state index in [9.17, 15) is 10.2 Å². The number of aliphatic hydroxyl groups is 1. The standard InChI is InChI=1S/C25H29FO3/c1-25-12-19(26)21-17-9-8-16(27)10-15(17)11-18(14-6-4-3-5-7-14)22(21)23(25)24(29-2)20(28)13-25/h3-10,18-24,27-28H,11-13H2,1-2H3/t18-,19-,20-,21-,22+,23+,24+,25+/m0/s1. The van der Waals surface area contributed by atoms with Crippen molar-refractivity contribution in [3.8, 4) is 5.75 Å². The lowest BCUT2D eigenvalue weighted by Gasteiger charge is -2.54. The lowest BCUT2D eigenvalue weighted by atomic mass is 9.51. The van der Waals surface area contributed by atoms with Crippen molar-refractivity contribution in [3.05, 3.63) is 65.2 Å². The van der Waals surface area contributed by atoms with Crippen LogP contribution in [0.4, 0.5) is 4.39 Å². The molecule has 2 N–H and O–H groups in total. The minimum Gasteiger partial charge on any atom is -0.508 e. The molecule has 0 radical (unpaired) electrons. The maximum absolute atomic E-state index is 15.8. The van der Waals surface area contributed by atoms with Crippen LogP contribution in [-0.2, 0) is 11.2 Å². The molecule has 154 valence electrons. The van der Waals surface area contributed by atoms with Gasteiger partial charge in [-0.1, -0.05) is 43.3 Å². The third-order valence-electron chi connectivity index (χ3n) is 7.98. The number of methoxy groups -OCH3 is 1. The molecular formula is C25H29FO3. The van der Waals surface area contributed by atoms with E-state index in [4.69, 9.17) is 4.74 Å². The molecule has 3 aliphatic rings. The fraction of sp³-hybridized carbons (Fsp3) is 0.520. The van der Waals surface area contributed by atoms with E-state index in [1.165, 1.54) is 5.56 Å². The number of benzene rings is 2. The number of halogens is 1. The molecule has 0 spiro atoms. The van der Waals surface area contributed by atoms with Gasteiger partial charge in [-0.3, -0.25) is 0 Å². The Morgan fingerprint density at radius 1 is 1.10 bits per heavy atom. The van der Waals surface area contributed by atoms with Crippen molar-refractivity contribution >= 4 is 0 Å². The number of phenolic OH excluding ortho intramolecular Hbond substituents is 1. The van der Waals surface area contributed by atoms with Crippen LogP contribution < -0.4 is 0 Å². The molecule has 3 aliphatic carbocycles. The Kier molecular flexibility index (Phi) is 4.48. The normalized spacial score (nSPS) is 40.8. The second-order valence-corrected chi connectivity index (χ2v) is 9.58. The largest absolute Gasteiger partial charge is 0.508 e. The first-order chi connectivity index (χ1) is 13.9. The summed E-state index contributed by atoms with van der Waals surface area (Å²) in [6, 6.07) is 15.7. The van der Waals surface area contributed by atoms with E-state index in [1.54, 1.807) is 19.2 Å². The van der Waals surface area contributed by atoms with E-state index >= 15 is 4.39 Å². The minimum atomic E-state index is -0.973. The Balaban J connectivity index is 1.70. The van der Waals surface area contributed by atoms with Crippen molar-refractivity contribution in [3.63, 3.8) is 0 Å². The molecule has 0 bridgehead atoms. The van der Waals surface area contributed by atoms with Crippen LogP contribution in [0.1, 0.15) is 48.3 Å². The van der Waals surface area contributed by atoms with Crippen molar-refractivity contribution < 1.29 is 19.3 Å². The van der Waals surface area contributed by atoms with Crippen LogP contribution in [0.5, 0.6) is 5.75 Å². The first kappa shape index (κ1) is 19.1. The molecule has 3 nitrogen and oxygen atoms in total. The van der Waals surface area contributed by atoms with Crippen molar-refractivity contribution in [1.82, 2.24) is 0 Å². The SMILES string of the molecule is CO[C@H]1[C@H]2[C@H]3[C@@H](c4ccc(O)cc4C[C@H]3c3ccccc3)[C@@H](F)C[C@]2(C)C[C@@H]1O. The Morgan fingerprint density at radius 3 is 2.59 bits per heavy atom. The summed E-state index contributed by atoms with van der Waals surface area (Å²) in [6.07, 6.45) is -0.00967. The van der Waals surface area contributed by atoms with E-state index in [0.717, 1.165) is 17.5 Å². The first-order valence-corrected chi connectivity index (χ1v) is 10.6.